The first-order valence-electron chi connectivity index (χ1n) is 9.39. The summed E-state index contributed by atoms with van der Waals surface area (Å²) in [6.07, 6.45) is 1.74. The Bertz CT molecular complexity index is 1120. The number of allylic oxidation sites excluding steroid dienone is 1. The van der Waals surface area contributed by atoms with E-state index in [0.717, 1.165) is 11.1 Å². The van der Waals surface area contributed by atoms with E-state index in [2.05, 4.69) is 6.07 Å². The van der Waals surface area contributed by atoms with Crippen LogP contribution in [-0.2, 0) is 0 Å². The van der Waals surface area contributed by atoms with Gasteiger partial charge in [0.05, 0.1) is 38.5 Å². The SMILES string of the molecule is COc1cc(C(=O)Oc2cccc(/C=C(/C#N)c3ccccc3)c2)cc(OC)c1OC. The molecule has 31 heavy (non-hydrogen) atoms. The fourth-order valence-electron chi connectivity index (χ4n) is 3.00. The maximum atomic E-state index is 12.7. The van der Waals surface area contributed by atoms with E-state index in [1.165, 1.54) is 33.5 Å². The average Bonchev–Trinajstić information content (AvgIpc) is 2.82. The molecular weight excluding hydrogens is 394 g/mol. The summed E-state index contributed by atoms with van der Waals surface area (Å²) in [6, 6.07) is 21.6. The van der Waals surface area contributed by atoms with Gasteiger partial charge in [0.15, 0.2) is 11.5 Å². The summed E-state index contributed by atoms with van der Waals surface area (Å²) < 4.78 is 21.4. The second-order valence-corrected chi connectivity index (χ2v) is 6.41. The normalized spacial score (nSPS) is 10.7. The van der Waals surface area contributed by atoms with Gasteiger partial charge >= 0.3 is 5.97 Å². The van der Waals surface area contributed by atoms with Crippen molar-refractivity contribution in [1.29, 1.82) is 5.26 Å². The van der Waals surface area contributed by atoms with Crippen molar-refractivity contribution in [1.82, 2.24) is 0 Å². The molecule has 0 spiro atoms. The van der Waals surface area contributed by atoms with Crippen LogP contribution in [0.15, 0.2) is 66.7 Å². The molecule has 0 aliphatic rings. The lowest BCUT2D eigenvalue weighted by molar-refractivity contribution is 0.0734. The van der Waals surface area contributed by atoms with E-state index in [4.69, 9.17) is 18.9 Å². The molecule has 0 N–H and O–H groups in total. The summed E-state index contributed by atoms with van der Waals surface area (Å²) in [6.45, 7) is 0. The molecule has 0 fully saturated rings. The molecule has 0 aliphatic carbocycles. The van der Waals surface area contributed by atoms with E-state index in [0.29, 0.717) is 28.6 Å². The molecule has 6 nitrogen and oxygen atoms in total. The van der Waals surface area contributed by atoms with Gasteiger partial charge in [0.1, 0.15) is 5.75 Å². The van der Waals surface area contributed by atoms with Crippen molar-refractivity contribution in [2.45, 2.75) is 0 Å². The summed E-state index contributed by atoms with van der Waals surface area (Å²) in [4.78, 5) is 12.7. The molecule has 3 aromatic carbocycles. The third kappa shape index (κ3) is 5.03. The highest BCUT2D eigenvalue weighted by molar-refractivity contribution is 5.93. The minimum Gasteiger partial charge on any atom is -0.493 e. The Morgan fingerprint density at radius 2 is 1.52 bits per heavy atom. The van der Waals surface area contributed by atoms with Gasteiger partial charge in [-0.05, 0) is 41.5 Å². The van der Waals surface area contributed by atoms with Gasteiger partial charge in [0, 0.05) is 0 Å². The Balaban J connectivity index is 1.87. The number of methoxy groups -OCH3 is 3. The lowest BCUT2D eigenvalue weighted by Gasteiger charge is -2.13. The lowest BCUT2D eigenvalue weighted by Crippen LogP contribution is -2.09. The Kier molecular flexibility index (Phi) is 6.92. The van der Waals surface area contributed by atoms with Crippen LogP contribution in [0.5, 0.6) is 23.0 Å². The molecule has 0 heterocycles. The number of nitrogens with zero attached hydrogens (tertiary/aromatic N) is 1. The molecule has 0 saturated heterocycles. The zero-order chi connectivity index (χ0) is 22.2. The Labute approximate surface area is 180 Å². The largest absolute Gasteiger partial charge is 0.493 e. The van der Waals surface area contributed by atoms with Crippen molar-refractivity contribution in [2.24, 2.45) is 0 Å². The number of esters is 1. The molecule has 0 saturated carbocycles. The Hall–Kier alpha value is -4.24. The number of rotatable bonds is 7. The van der Waals surface area contributed by atoms with E-state index < -0.39 is 5.97 Å². The van der Waals surface area contributed by atoms with Crippen LogP contribution in [0.25, 0.3) is 11.6 Å². The van der Waals surface area contributed by atoms with Crippen LogP contribution in [0.2, 0.25) is 0 Å². The topological polar surface area (TPSA) is 77.8 Å². The summed E-state index contributed by atoms with van der Waals surface area (Å²) in [7, 11) is 4.44. The van der Waals surface area contributed by atoms with E-state index in [9.17, 15) is 10.1 Å². The minimum absolute atomic E-state index is 0.248. The van der Waals surface area contributed by atoms with Gasteiger partial charge in [-0.15, -0.1) is 0 Å². The summed E-state index contributed by atoms with van der Waals surface area (Å²) in [5.41, 5.74) is 2.30. The predicted octanol–water partition coefficient (Wildman–Crippen LogP) is 5.00. The number of carbonyl (C=O) groups excluding carboxylic acids is 1. The lowest BCUT2D eigenvalue weighted by atomic mass is 10.0. The first-order chi connectivity index (χ1) is 15.1. The zero-order valence-electron chi connectivity index (χ0n) is 17.4. The maximum absolute atomic E-state index is 12.7. The Morgan fingerprint density at radius 1 is 0.839 bits per heavy atom. The molecule has 0 amide bonds. The van der Waals surface area contributed by atoms with Crippen LogP contribution in [0.1, 0.15) is 21.5 Å². The van der Waals surface area contributed by atoms with Crippen LogP contribution in [0, 0.1) is 11.3 Å². The van der Waals surface area contributed by atoms with Gasteiger partial charge in [-0.25, -0.2) is 4.79 Å². The van der Waals surface area contributed by atoms with E-state index in [1.807, 2.05) is 36.4 Å². The highest BCUT2D eigenvalue weighted by Crippen LogP contribution is 2.38. The van der Waals surface area contributed by atoms with Crippen LogP contribution >= 0.6 is 0 Å². The fraction of sp³-hybridized carbons (Fsp3) is 0.120. The molecule has 3 aromatic rings. The van der Waals surface area contributed by atoms with Gasteiger partial charge in [-0.1, -0.05) is 42.5 Å². The monoisotopic (exact) mass is 415 g/mol. The third-order valence-electron chi connectivity index (χ3n) is 4.49. The van der Waals surface area contributed by atoms with Crippen molar-refractivity contribution >= 4 is 17.6 Å². The van der Waals surface area contributed by atoms with Gasteiger partial charge in [-0.3, -0.25) is 0 Å². The molecule has 6 heteroatoms. The van der Waals surface area contributed by atoms with Crippen molar-refractivity contribution in [3.63, 3.8) is 0 Å². The maximum Gasteiger partial charge on any atom is 0.343 e. The van der Waals surface area contributed by atoms with Crippen LogP contribution in [-0.4, -0.2) is 27.3 Å². The number of benzene rings is 3. The molecule has 0 unspecified atom stereocenters. The van der Waals surface area contributed by atoms with Crippen molar-refractivity contribution in [2.75, 3.05) is 21.3 Å². The standard InChI is InChI=1S/C25H21NO5/c1-28-22-14-19(15-23(29-2)24(22)30-3)25(27)31-21-11-7-8-17(13-21)12-20(16-26)18-9-5-4-6-10-18/h4-15H,1-3H3/b20-12-. The molecule has 0 radical (unpaired) electrons. The first kappa shape index (κ1) is 21.5. The zero-order valence-corrected chi connectivity index (χ0v) is 17.4. The average molecular weight is 415 g/mol. The predicted molar refractivity (Wildman–Crippen MR) is 117 cm³/mol. The highest BCUT2D eigenvalue weighted by atomic mass is 16.5. The summed E-state index contributed by atoms with van der Waals surface area (Å²) in [5.74, 6) is 0.861. The molecule has 156 valence electrons. The third-order valence-corrected chi connectivity index (χ3v) is 4.49. The number of hydrogen-bond donors (Lipinski definition) is 0. The molecule has 0 aliphatic heterocycles. The molecular formula is C25H21NO5. The molecule has 0 atom stereocenters. The van der Waals surface area contributed by atoms with Crippen LogP contribution in [0.3, 0.4) is 0 Å². The van der Waals surface area contributed by atoms with Crippen molar-refractivity contribution in [3.05, 3.63) is 83.4 Å². The highest BCUT2D eigenvalue weighted by Gasteiger charge is 2.18. The van der Waals surface area contributed by atoms with E-state index >= 15 is 0 Å². The smallest absolute Gasteiger partial charge is 0.343 e. The minimum atomic E-state index is -0.580. The number of carbonyl (C=O) groups is 1. The van der Waals surface area contributed by atoms with Gasteiger partial charge in [-0.2, -0.15) is 5.26 Å². The van der Waals surface area contributed by atoms with E-state index in [1.54, 1.807) is 24.3 Å². The second-order valence-electron chi connectivity index (χ2n) is 6.41. The number of nitriles is 1. The van der Waals surface area contributed by atoms with Gasteiger partial charge in [0.2, 0.25) is 5.75 Å². The fourth-order valence-corrected chi connectivity index (χ4v) is 3.00. The van der Waals surface area contributed by atoms with Crippen LogP contribution < -0.4 is 18.9 Å². The number of ether oxygens (including phenoxy) is 4. The van der Waals surface area contributed by atoms with Gasteiger partial charge in [0.25, 0.3) is 0 Å². The molecule has 0 bridgehead atoms. The second kappa shape index (κ2) is 9.99. The quantitative estimate of drug-likeness (QED) is 0.234. The summed E-state index contributed by atoms with van der Waals surface area (Å²) in [5, 5.41) is 9.51. The van der Waals surface area contributed by atoms with Crippen LogP contribution in [0.4, 0.5) is 0 Å². The molecule has 3 rings (SSSR count). The van der Waals surface area contributed by atoms with Crippen molar-refractivity contribution < 1.29 is 23.7 Å². The Morgan fingerprint density at radius 3 is 2.10 bits per heavy atom. The van der Waals surface area contributed by atoms with E-state index in [-0.39, 0.29) is 5.56 Å². The van der Waals surface area contributed by atoms with Crippen molar-refractivity contribution in [3.8, 4) is 29.1 Å². The summed E-state index contributed by atoms with van der Waals surface area (Å²) >= 11 is 0. The first-order valence-corrected chi connectivity index (χ1v) is 9.39. The van der Waals surface area contributed by atoms with Gasteiger partial charge < -0.3 is 18.9 Å². The molecule has 0 aromatic heterocycles. The number of hydrogen-bond acceptors (Lipinski definition) is 6.